The highest BCUT2D eigenvalue weighted by Gasteiger charge is 2.41. The van der Waals surface area contributed by atoms with E-state index < -0.39 is 0 Å². The second kappa shape index (κ2) is 4.15. The van der Waals surface area contributed by atoms with Gasteiger partial charge in [-0.3, -0.25) is 0 Å². The molecule has 78 valence electrons. The predicted molar refractivity (Wildman–Crippen MR) is 65.9 cm³/mol. The fourth-order valence-corrected chi connectivity index (χ4v) is 4.94. The molecule has 1 heteroatoms. The molecule has 2 fully saturated rings. The van der Waals surface area contributed by atoms with Crippen LogP contribution in [0, 0.1) is 24.0 Å². The molecule has 1 aromatic rings. The van der Waals surface area contributed by atoms with Crippen molar-refractivity contribution in [3.05, 3.63) is 30.3 Å². The van der Waals surface area contributed by atoms with Gasteiger partial charge in [0, 0.05) is 0 Å². The van der Waals surface area contributed by atoms with Crippen LogP contribution in [0.25, 0.3) is 0 Å². The average Bonchev–Trinajstić information content (AvgIpc) is 2.62. The summed E-state index contributed by atoms with van der Waals surface area (Å²) in [5, 5.41) is 1.50. The van der Waals surface area contributed by atoms with E-state index in [1.165, 1.54) is 37.4 Å². The first-order valence-electron chi connectivity index (χ1n) is 6.08. The zero-order chi connectivity index (χ0) is 10.1. The summed E-state index contributed by atoms with van der Waals surface area (Å²) in [6, 6.07) is 12.4. The van der Waals surface area contributed by atoms with Gasteiger partial charge in [0.1, 0.15) is 0 Å². The van der Waals surface area contributed by atoms with Gasteiger partial charge in [0.25, 0.3) is 0 Å². The molecule has 3 unspecified atom stereocenters. The zero-order valence-corrected chi connectivity index (χ0v) is 10.00. The van der Waals surface area contributed by atoms with E-state index in [0.29, 0.717) is 0 Å². The molecule has 0 aliphatic heterocycles. The molecule has 0 saturated heterocycles. The van der Waals surface area contributed by atoms with Crippen LogP contribution in [0.4, 0.5) is 0 Å². The van der Waals surface area contributed by atoms with E-state index in [2.05, 4.69) is 24.3 Å². The Balaban J connectivity index is 1.69. The minimum absolute atomic E-state index is 1.02. The van der Waals surface area contributed by atoms with Crippen molar-refractivity contribution < 1.29 is 0 Å². The first kappa shape index (κ1) is 9.68. The van der Waals surface area contributed by atoms with Gasteiger partial charge in [-0.15, -0.1) is 0 Å². The lowest BCUT2D eigenvalue weighted by Gasteiger charge is -2.43. The van der Waals surface area contributed by atoms with Crippen molar-refractivity contribution in [1.82, 2.24) is 0 Å². The van der Waals surface area contributed by atoms with Crippen molar-refractivity contribution in [1.29, 1.82) is 0 Å². The smallest absolute Gasteiger partial charge is 0.00406 e. The van der Waals surface area contributed by atoms with Gasteiger partial charge in [-0.1, -0.05) is 33.6 Å². The van der Waals surface area contributed by atoms with Crippen LogP contribution in [0.5, 0.6) is 0 Å². The summed E-state index contributed by atoms with van der Waals surface area (Å²) in [5.74, 6) is 2.11. The number of hydrogen-bond donors (Lipinski definition) is 0. The molecule has 0 amide bonds. The van der Waals surface area contributed by atoms with Crippen LogP contribution in [-0.4, -0.2) is 5.66 Å². The van der Waals surface area contributed by atoms with Gasteiger partial charge in [-0.05, 0) is 60.3 Å². The minimum atomic E-state index is 1.02. The van der Waals surface area contributed by atoms with E-state index >= 15 is 0 Å². The SMILES string of the molecule is c1ccc(PC2C3CCCCC2C3)cc#1. The maximum Gasteiger partial charge on any atom is -0.00406 e. The molecular weight excluding hydrogens is 199 g/mol. The van der Waals surface area contributed by atoms with Gasteiger partial charge < -0.3 is 0 Å². The van der Waals surface area contributed by atoms with Crippen molar-refractivity contribution in [2.75, 3.05) is 0 Å². The summed E-state index contributed by atoms with van der Waals surface area (Å²) in [4.78, 5) is 0. The Morgan fingerprint density at radius 1 is 1.13 bits per heavy atom. The standard InChI is InChI=1S/C14H17P/c1-2-8-13(9-3-1)15-14-11-6-4-5-7-12(14)10-11/h2,8-9,11-12,14-15H,4-7,10H2. The molecule has 0 spiro atoms. The molecule has 3 atom stereocenters. The molecule has 0 aromatic heterocycles. The van der Waals surface area contributed by atoms with Crippen LogP contribution in [-0.2, 0) is 0 Å². The molecule has 0 N–H and O–H groups in total. The van der Waals surface area contributed by atoms with E-state index in [-0.39, 0.29) is 0 Å². The fraction of sp³-hybridized carbons (Fsp3) is 0.571. The van der Waals surface area contributed by atoms with Gasteiger partial charge >= 0.3 is 0 Å². The third-order valence-electron chi connectivity index (χ3n) is 4.01. The number of rotatable bonds is 2. The minimum Gasteiger partial charge on any atom is -0.0859 e. The quantitative estimate of drug-likeness (QED) is 0.666. The second-order valence-corrected chi connectivity index (χ2v) is 6.46. The largest absolute Gasteiger partial charge is 0.0859 e. The summed E-state index contributed by atoms with van der Waals surface area (Å²) in [7, 11) is 1.03. The molecule has 0 radical (unpaired) electrons. The van der Waals surface area contributed by atoms with Crippen LogP contribution in [0.3, 0.4) is 0 Å². The molecule has 2 aliphatic carbocycles. The van der Waals surface area contributed by atoms with Crippen molar-refractivity contribution in [2.45, 2.75) is 37.8 Å². The highest BCUT2D eigenvalue weighted by molar-refractivity contribution is 7.48. The average molecular weight is 216 g/mol. The molecule has 15 heavy (non-hydrogen) atoms. The van der Waals surface area contributed by atoms with Gasteiger partial charge in [0.15, 0.2) is 0 Å². The van der Waals surface area contributed by atoms with E-state index in [0.717, 1.165) is 26.1 Å². The van der Waals surface area contributed by atoms with Crippen molar-refractivity contribution in [2.24, 2.45) is 11.8 Å². The molecule has 2 bridgehead atoms. The van der Waals surface area contributed by atoms with Crippen LogP contribution >= 0.6 is 8.58 Å². The molecule has 3 rings (SSSR count). The zero-order valence-electron chi connectivity index (χ0n) is 9.00. The Morgan fingerprint density at radius 3 is 2.60 bits per heavy atom. The predicted octanol–water partition coefficient (Wildman–Crippen LogP) is 3.17. The Hall–Kier alpha value is -0.530. The summed E-state index contributed by atoms with van der Waals surface area (Å²) < 4.78 is 0. The van der Waals surface area contributed by atoms with Crippen molar-refractivity contribution in [3.8, 4) is 0 Å². The van der Waals surface area contributed by atoms with Gasteiger partial charge in [-0.25, -0.2) is 0 Å². The highest BCUT2D eigenvalue weighted by Crippen LogP contribution is 2.52. The van der Waals surface area contributed by atoms with E-state index in [1.807, 2.05) is 6.07 Å². The lowest BCUT2D eigenvalue weighted by Crippen LogP contribution is -2.38. The molecule has 2 saturated carbocycles. The van der Waals surface area contributed by atoms with Crippen LogP contribution < -0.4 is 5.30 Å². The number of fused-ring (bicyclic) bond motifs is 2. The van der Waals surface area contributed by atoms with Crippen molar-refractivity contribution in [3.63, 3.8) is 0 Å². The van der Waals surface area contributed by atoms with Crippen LogP contribution in [0.1, 0.15) is 32.1 Å². The van der Waals surface area contributed by atoms with Crippen LogP contribution in [0.2, 0.25) is 0 Å². The number of hydrogen-bond acceptors (Lipinski definition) is 0. The molecular formula is C14H17P. The summed E-state index contributed by atoms with van der Waals surface area (Å²) in [6.45, 7) is 0. The summed E-state index contributed by atoms with van der Waals surface area (Å²) >= 11 is 0. The molecule has 2 aliphatic rings. The molecule has 1 aromatic carbocycles. The lowest BCUT2D eigenvalue weighted by atomic mass is 9.73. The van der Waals surface area contributed by atoms with E-state index in [1.54, 1.807) is 0 Å². The molecule has 0 nitrogen and oxygen atoms in total. The monoisotopic (exact) mass is 216 g/mol. The van der Waals surface area contributed by atoms with E-state index in [9.17, 15) is 0 Å². The Labute approximate surface area is 94.3 Å². The molecule has 0 heterocycles. The normalized spacial score (nSPS) is 34.5. The summed E-state index contributed by atoms with van der Waals surface area (Å²) in [6.07, 6.45) is 7.49. The second-order valence-electron chi connectivity index (χ2n) is 4.93. The Morgan fingerprint density at radius 2 is 1.93 bits per heavy atom. The third-order valence-corrected chi connectivity index (χ3v) is 5.93. The van der Waals surface area contributed by atoms with Gasteiger partial charge in [0.05, 0.1) is 0 Å². The third kappa shape index (κ3) is 1.91. The lowest BCUT2D eigenvalue weighted by molar-refractivity contribution is 0.213. The maximum absolute atomic E-state index is 3.08. The Bertz CT molecular complexity index is 303. The van der Waals surface area contributed by atoms with Gasteiger partial charge in [0.2, 0.25) is 0 Å². The fourth-order valence-electron chi connectivity index (χ4n) is 3.14. The first-order chi connectivity index (χ1) is 7.43. The Kier molecular flexibility index (Phi) is 2.68. The first-order valence-corrected chi connectivity index (χ1v) is 7.15. The highest BCUT2D eigenvalue weighted by atomic mass is 31.1. The van der Waals surface area contributed by atoms with Crippen molar-refractivity contribution >= 4 is 13.9 Å². The summed E-state index contributed by atoms with van der Waals surface area (Å²) in [5.41, 5.74) is 1.02. The van der Waals surface area contributed by atoms with Gasteiger partial charge in [-0.2, -0.15) is 0 Å². The maximum atomic E-state index is 3.08. The topological polar surface area (TPSA) is 0 Å². The van der Waals surface area contributed by atoms with E-state index in [4.69, 9.17) is 0 Å². The van der Waals surface area contributed by atoms with Crippen LogP contribution in [0.15, 0.2) is 18.2 Å².